The standard InChI is InChI=1S/C8H15F2N3O/c9-7(10)5-13-4-2-1-3-6(13)8(11)12-14/h6-7,14H,1-5H2,(H2,11,12). The average Bonchev–Trinajstić information content (AvgIpc) is 2.16. The van der Waals surface area contributed by atoms with Gasteiger partial charge in [0.25, 0.3) is 6.43 Å². The van der Waals surface area contributed by atoms with Crippen molar-refractivity contribution in [2.75, 3.05) is 13.1 Å². The van der Waals surface area contributed by atoms with Crippen molar-refractivity contribution in [3.8, 4) is 0 Å². The van der Waals surface area contributed by atoms with Crippen LogP contribution in [0.1, 0.15) is 19.3 Å². The van der Waals surface area contributed by atoms with Crippen molar-refractivity contribution in [1.82, 2.24) is 4.90 Å². The van der Waals surface area contributed by atoms with Gasteiger partial charge < -0.3 is 10.9 Å². The first-order chi connectivity index (χ1) is 6.65. The van der Waals surface area contributed by atoms with Gasteiger partial charge in [0.2, 0.25) is 0 Å². The first-order valence-corrected chi connectivity index (χ1v) is 4.64. The molecule has 0 amide bonds. The number of halogens is 2. The van der Waals surface area contributed by atoms with Crippen LogP contribution < -0.4 is 5.73 Å². The summed E-state index contributed by atoms with van der Waals surface area (Å²) in [5.41, 5.74) is 5.43. The molecule has 1 saturated heterocycles. The smallest absolute Gasteiger partial charge is 0.251 e. The molecule has 0 aromatic heterocycles. The summed E-state index contributed by atoms with van der Waals surface area (Å²) in [5.74, 6) is 0.0327. The Kier molecular flexibility index (Phi) is 4.06. The van der Waals surface area contributed by atoms with Crippen molar-refractivity contribution >= 4 is 5.84 Å². The van der Waals surface area contributed by atoms with Crippen molar-refractivity contribution < 1.29 is 14.0 Å². The first-order valence-electron chi connectivity index (χ1n) is 4.64. The molecule has 0 aromatic rings. The van der Waals surface area contributed by atoms with E-state index in [0.717, 1.165) is 12.8 Å². The van der Waals surface area contributed by atoms with Crippen LogP contribution in [0.25, 0.3) is 0 Å². The van der Waals surface area contributed by atoms with Crippen LogP contribution in [0.15, 0.2) is 5.16 Å². The molecule has 0 saturated carbocycles. The van der Waals surface area contributed by atoms with Gasteiger partial charge in [-0.05, 0) is 19.4 Å². The van der Waals surface area contributed by atoms with Gasteiger partial charge in [-0.25, -0.2) is 8.78 Å². The summed E-state index contributed by atoms with van der Waals surface area (Å²) >= 11 is 0. The summed E-state index contributed by atoms with van der Waals surface area (Å²) in [6.07, 6.45) is 0.132. The molecule has 6 heteroatoms. The maximum atomic E-state index is 12.2. The van der Waals surface area contributed by atoms with Crippen LogP contribution in [-0.2, 0) is 0 Å². The van der Waals surface area contributed by atoms with E-state index in [1.54, 1.807) is 4.90 Å². The van der Waals surface area contributed by atoms with Crippen LogP contribution in [0.5, 0.6) is 0 Å². The first kappa shape index (κ1) is 11.2. The van der Waals surface area contributed by atoms with Crippen molar-refractivity contribution in [1.29, 1.82) is 0 Å². The lowest BCUT2D eigenvalue weighted by Crippen LogP contribution is -2.49. The Bertz CT molecular complexity index is 211. The number of piperidine rings is 1. The molecule has 0 spiro atoms. The molecule has 1 heterocycles. The predicted molar refractivity (Wildman–Crippen MR) is 48.6 cm³/mol. The fraction of sp³-hybridized carbons (Fsp3) is 0.875. The van der Waals surface area contributed by atoms with E-state index in [1.165, 1.54) is 0 Å². The number of alkyl halides is 2. The molecule has 1 aliphatic heterocycles. The topological polar surface area (TPSA) is 61.9 Å². The fourth-order valence-corrected chi connectivity index (χ4v) is 1.79. The SMILES string of the molecule is NC(=NO)C1CCCCN1CC(F)F. The molecule has 0 aliphatic carbocycles. The van der Waals surface area contributed by atoms with Gasteiger partial charge in [-0.15, -0.1) is 0 Å². The van der Waals surface area contributed by atoms with Gasteiger partial charge in [-0.2, -0.15) is 0 Å². The number of likely N-dealkylation sites (tertiary alicyclic amines) is 1. The summed E-state index contributed by atoms with van der Waals surface area (Å²) in [5, 5.41) is 11.4. The highest BCUT2D eigenvalue weighted by Gasteiger charge is 2.27. The van der Waals surface area contributed by atoms with Crippen molar-refractivity contribution in [2.24, 2.45) is 10.9 Å². The lowest BCUT2D eigenvalue weighted by atomic mass is 10.0. The molecule has 0 radical (unpaired) electrons. The molecule has 1 rings (SSSR count). The van der Waals surface area contributed by atoms with Crippen molar-refractivity contribution in [2.45, 2.75) is 31.7 Å². The Morgan fingerprint density at radius 3 is 2.86 bits per heavy atom. The third kappa shape index (κ3) is 2.80. The van der Waals surface area contributed by atoms with E-state index in [1.807, 2.05) is 0 Å². The minimum absolute atomic E-state index is 0.0327. The number of hydrogen-bond donors (Lipinski definition) is 2. The van der Waals surface area contributed by atoms with Crippen LogP contribution in [-0.4, -0.2) is 41.5 Å². The van der Waals surface area contributed by atoms with Crippen LogP contribution >= 0.6 is 0 Å². The van der Waals surface area contributed by atoms with Gasteiger partial charge in [0.15, 0.2) is 5.84 Å². The van der Waals surface area contributed by atoms with Crippen LogP contribution in [0, 0.1) is 0 Å². The van der Waals surface area contributed by atoms with Crippen LogP contribution in [0.2, 0.25) is 0 Å². The molecule has 1 unspecified atom stereocenters. The summed E-state index contributed by atoms with van der Waals surface area (Å²) < 4.78 is 24.4. The number of nitrogens with zero attached hydrogens (tertiary/aromatic N) is 2. The monoisotopic (exact) mass is 207 g/mol. The van der Waals surface area contributed by atoms with Gasteiger partial charge in [0.1, 0.15) is 0 Å². The van der Waals surface area contributed by atoms with Gasteiger partial charge in [0, 0.05) is 0 Å². The molecule has 4 nitrogen and oxygen atoms in total. The summed E-state index contributed by atoms with van der Waals surface area (Å²) in [6, 6.07) is -0.331. The second-order valence-electron chi connectivity index (χ2n) is 3.42. The number of hydrogen-bond acceptors (Lipinski definition) is 3. The maximum Gasteiger partial charge on any atom is 0.251 e. The molecule has 3 N–H and O–H groups in total. The maximum absolute atomic E-state index is 12.2. The van der Waals surface area contributed by atoms with Gasteiger partial charge in [-0.1, -0.05) is 11.6 Å². The second kappa shape index (κ2) is 5.09. The van der Waals surface area contributed by atoms with Crippen LogP contribution in [0.3, 0.4) is 0 Å². The summed E-state index contributed by atoms with van der Waals surface area (Å²) in [6.45, 7) is 0.284. The molecule has 1 aliphatic rings. The number of oxime groups is 1. The molecule has 82 valence electrons. The third-order valence-corrected chi connectivity index (χ3v) is 2.44. The van der Waals surface area contributed by atoms with Gasteiger partial charge in [-0.3, -0.25) is 4.90 Å². The lowest BCUT2D eigenvalue weighted by molar-refractivity contribution is 0.0654. The van der Waals surface area contributed by atoms with E-state index in [9.17, 15) is 8.78 Å². The van der Waals surface area contributed by atoms with Gasteiger partial charge >= 0.3 is 0 Å². The average molecular weight is 207 g/mol. The number of amidine groups is 1. The molecule has 0 aromatic carbocycles. The van der Waals surface area contributed by atoms with E-state index in [4.69, 9.17) is 10.9 Å². The Labute approximate surface area is 81.4 Å². The van der Waals surface area contributed by atoms with Crippen LogP contribution in [0.4, 0.5) is 8.78 Å². The zero-order valence-electron chi connectivity index (χ0n) is 7.87. The molecule has 14 heavy (non-hydrogen) atoms. The molecule has 1 fully saturated rings. The van der Waals surface area contributed by atoms with Crippen molar-refractivity contribution in [3.05, 3.63) is 0 Å². The molecular weight excluding hydrogens is 192 g/mol. The van der Waals surface area contributed by atoms with Crippen molar-refractivity contribution in [3.63, 3.8) is 0 Å². The Morgan fingerprint density at radius 1 is 1.57 bits per heavy atom. The Balaban J connectivity index is 2.59. The number of rotatable bonds is 3. The zero-order valence-corrected chi connectivity index (χ0v) is 7.87. The lowest BCUT2D eigenvalue weighted by Gasteiger charge is -2.34. The highest BCUT2D eigenvalue weighted by molar-refractivity contribution is 5.85. The highest BCUT2D eigenvalue weighted by Crippen LogP contribution is 2.18. The molecule has 1 atom stereocenters. The fourth-order valence-electron chi connectivity index (χ4n) is 1.79. The highest BCUT2D eigenvalue weighted by atomic mass is 19.3. The summed E-state index contributed by atoms with van der Waals surface area (Å²) in [7, 11) is 0. The Hall–Kier alpha value is -0.910. The zero-order chi connectivity index (χ0) is 10.6. The quantitative estimate of drug-likeness (QED) is 0.312. The Morgan fingerprint density at radius 2 is 2.29 bits per heavy atom. The molecular formula is C8H15F2N3O. The summed E-state index contributed by atoms with van der Waals surface area (Å²) in [4.78, 5) is 1.57. The van der Waals surface area contributed by atoms with E-state index in [0.29, 0.717) is 13.0 Å². The van der Waals surface area contributed by atoms with Gasteiger partial charge in [0.05, 0.1) is 12.6 Å². The predicted octanol–water partition coefficient (Wildman–Crippen LogP) is 0.852. The molecule has 0 bridgehead atoms. The minimum Gasteiger partial charge on any atom is -0.409 e. The van der Waals surface area contributed by atoms with E-state index >= 15 is 0 Å². The largest absolute Gasteiger partial charge is 0.409 e. The normalized spacial score (nSPS) is 25.6. The second-order valence-corrected chi connectivity index (χ2v) is 3.42. The van der Waals surface area contributed by atoms with E-state index < -0.39 is 6.43 Å². The number of nitrogens with two attached hydrogens (primary N) is 1. The third-order valence-electron chi connectivity index (χ3n) is 2.44. The van der Waals surface area contributed by atoms with E-state index in [-0.39, 0.29) is 18.4 Å². The minimum atomic E-state index is -2.37. The van der Waals surface area contributed by atoms with E-state index in [2.05, 4.69) is 5.16 Å².